The van der Waals surface area contributed by atoms with Gasteiger partial charge in [0, 0.05) is 11.4 Å². The molecule has 1 aromatic rings. The number of rotatable bonds is 5. The molecule has 6 heteroatoms. The fourth-order valence-electron chi connectivity index (χ4n) is 2.60. The summed E-state index contributed by atoms with van der Waals surface area (Å²) in [4.78, 5) is 12.6. The Morgan fingerprint density at radius 1 is 1.38 bits per heavy atom. The van der Waals surface area contributed by atoms with Crippen LogP contribution in [0.15, 0.2) is 24.3 Å². The first-order valence-corrected chi connectivity index (χ1v) is 7.94. The highest BCUT2D eigenvalue weighted by molar-refractivity contribution is 9.09. The number of ether oxygens (including phenoxy) is 1. The van der Waals surface area contributed by atoms with Gasteiger partial charge in [0.1, 0.15) is 5.75 Å². The lowest BCUT2D eigenvalue weighted by Crippen LogP contribution is -2.32. The number of hydrogen-bond donors (Lipinski definition) is 1. The highest BCUT2D eigenvalue weighted by Crippen LogP contribution is 2.28. The summed E-state index contributed by atoms with van der Waals surface area (Å²) < 4.78 is 29.0. The van der Waals surface area contributed by atoms with Crippen molar-refractivity contribution in [2.75, 3.05) is 6.54 Å². The van der Waals surface area contributed by atoms with Crippen molar-refractivity contribution in [1.29, 1.82) is 0 Å². The summed E-state index contributed by atoms with van der Waals surface area (Å²) in [6.45, 7) is -2.38. The smallest absolute Gasteiger partial charge is 0.387 e. The Hall–Kier alpha value is -1.17. The third-order valence-electron chi connectivity index (χ3n) is 3.62. The molecule has 0 aliphatic heterocycles. The molecule has 0 bridgehead atoms. The van der Waals surface area contributed by atoms with Crippen LogP contribution >= 0.6 is 15.9 Å². The van der Waals surface area contributed by atoms with Gasteiger partial charge in [-0.15, -0.1) is 0 Å². The van der Waals surface area contributed by atoms with Crippen molar-refractivity contribution >= 4 is 21.8 Å². The first-order valence-electron chi connectivity index (χ1n) is 7.02. The molecule has 116 valence electrons. The first kappa shape index (κ1) is 16.2. The summed E-state index contributed by atoms with van der Waals surface area (Å²) in [6, 6.07) is 6.05. The average molecular weight is 362 g/mol. The highest BCUT2D eigenvalue weighted by atomic mass is 79.9. The highest BCUT2D eigenvalue weighted by Gasteiger charge is 2.21. The van der Waals surface area contributed by atoms with Crippen LogP contribution in [0.1, 0.15) is 36.0 Å². The number of hydrogen-bond acceptors (Lipinski definition) is 2. The zero-order valence-electron chi connectivity index (χ0n) is 11.5. The Bertz CT molecular complexity index is 484. The fraction of sp³-hybridized carbons (Fsp3) is 0.533. The van der Waals surface area contributed by atoms with E-state index in [1.807, 2.05) is 0 Å². The number of alkyl halides is 3. The molecule has 0 aromatic heterocycles. The lowest BCUT2D eigenvalue weighted by atomic mass is 9.89. The number of halogens is 3. The van der Waals surface area contributed by atoms with Crippen LogP contribution in [-0.2, 0) is 0 Å². The van der Waals surface area contributed by atoms with E-state index in [4.69, 9.17) is 0 Å². The van der Waals surface area contributed by atoms with Crippen molar-refractivity contribution in [3.05, 3.63) is 29.8 Å². The molecular formula is C15H18BrF2NO2. The SMILES string of the molecule is O=C(NCC1CCCC(Br)C1)c1ccccc1OC(F)F. The van der Waals surface area contributed by atoms with Gasteiger partial charge < -0.3 is 10.1 Å². The molecule has 0 spiro atoms. The second kappa shape index (κ2) is 7.73. The fourth-order valence-corrected chi connectivity index (χ4v) is 3.45. The Labute approximate surface area is 131 Å². The number of carbonyl (C=O) groups is 1. The van der Waals surface area contributed by atoms with E-state index in [0.29, 0.717) is 17.3 Å². The van der Waals surface area contributed by atoms with Crippen LogP contribution in [0.5, 0.6) is 5.75 Å². The van der Waals surface area contributed by atoms with E-state index in [1.165, 1.54) is 12.1 Å². The maximum absolute atomic E-state index is 12.3. The molecular weight excluding hydrogens is 344 g/mol. The van der Waals surface area contributed by atoms with E-state index in [2.05, 4.69) is 26.0 Å². The van der Waals surface area contributed by atoms with E-state index in [0.717, 1.165) is 25.7 Å². The van der Waals surface area contributed by atoms with Crippen LogP contribution in [-0.4, -0.2) is 23.9 Å². The van der Waals surface area contributed by atoms with Crippen molar-refractivity contribution in [2.24, 2.45) is 5.92 Å². The number of nitrogens with one attached hydrogen (secondary N) is 1. The largest absolute Gasteiger partial charge is 0.434 e. The van der Waals surface area contributed by atoms with Crippen molar-refractivity contribution in [3.8, 4) is 5.75 Å². The minimum Gasteiger partial charge on any atom is -0.434 e. The third kappa shape index (κ3) is 4.95. The Morgan fingerprint density at radius 3 is 2.86 bits per heavy atom. The molecule has 0 saturated heterocycles. The second-order valence-corrected chi connectivity index (χ2v) is 6.51. The minimum absolute atomic E-state index is 0.0907. The van der Waals surface area contributed by atoms with Crippen molar-refractivity contribution < 1.29 is 18.3 Å². The molecule has 1 aromatic carbocycles. The molecule has 1 saturated carbocycles. The summed E-state index contributed by atoms with van der Waals surface area (Å²) in [5.41, 5.74) is 0.143. The lowest BCUT2D eigenvalue weighted by Gasteiger charge is -2.25. The van der Waals surface area contributed by atoms with Crippen molar-refractivity contribution in [3.63, 3.8) is 0 Å². The van der Waals surface area contributed by atoms with Gasteiger partial charge in [-0.2, -0.15) is 8.78 Å². The van der Waals surface area contributed by atoms with Gasteiger partial charge in [0.2, 0.25) is 0 Å². The van der Waals surface area contributed by atoms with Crippen LogP contribution in [0.3, 0.4) is 0 Å². The summed E-state index contributed by atoms with van der Waals surface area (Å²) in [6.07, 6.45) is 4.41. The normalized spacial score (nSPS) is 22.1. The number of carbonyl (C=O) groups excluding carboxylic acids is 1. The maximum atomic E-state index is 12.3. The number of amides is 1. The van der Waals surface area contributed by atoms with E-state index < -0.39 is 6.61 Å². The van der Waals surface area contributed by atoms with Gasteiger partial charge >= 0.3 is 6.61 Å². The molecule has 2 atom stereocenters. The standard InChI is InChI=1S/C15H18BrF2NO2/c16-11-5-3-4-10(8-11)9-19-14(20)12-6-1-2-7-13(12)21-15(17)18/h1-2,6-7,10-11,15H,3-5,8-9H2,(H,19,20). The molecule has 1 aliphatic rings. The van der Waals surface area contributed by atoms with Crippen LogP contribution in [0.2, 0.25) is 0 Å². The Morgan fingerprint density at radius 2 is 2.14 bits per heavy atom. The van der Waals surface area contributed by atoms with Gasteiger partial charge in [-0.1, -0.05) is 34.5 Å². The topological polar surface area (TPSA) is 38.3 Å². The van der Waals surface area contributed by atoms with Gasteiger partial charge in [0.15, 0.2) is 0 Å². The molecule has 1 fully saturated rings. The van der Waals surface area contributed by atoms with Crippen molar-refractivity contribution in [2.45, 2.75) is 37.1 Å². The minimum atomic E-state index is -2.94. The monoisotopic (exact) mass is 361 g/mol. The zero-order valence-corrected chi connectivity index (χ0v) is 13.1. The quantitative estimate of drug-likeness (QED) is 0.805. The molecule has 0 heterocycles. The molecule has 21 heavy (non-hydrogen) atoms. The second-order valence-electron chi connectivity index (χ2n) is 5.21. The predicted octanol–water partition coefficient (Wildman–Crippen LogP) is 3.97. The van der Waals surface area contributed by atoms with E-state index in [9.17, 15) is 13.6 Å². The van der Waals surface area contributed by atoms with Gasteiger partial charge in [-0.3, -0.25) is 4.79 Å². The lowest BCUT2D eigenvalue weighted by molar-refractivity contribution is -0.0501. The van der Waals surface area contributed by atoms with E-state index >= 15 is 0 Å². The molecule has 0 radical (unpaired) electrons. The number of para-hydroxylation sites is 1. The molecule has 2 rings (SSSR count). The molecule has 1 N–H and O–H groups in total. The Kier molecular flexibility index (Phi) is 5.96. The van der Waals surface area contributed by atoms with Crippen molar-refractivity contribution in [1.82, 2.24) is 5.32 Å². The van der Waals surface area contributed by atoms with Crippen LogP contribution in [0.4, 0.5) is 8.78 Å². The van der Waals surface area contributed by atoms with Crippen LogP contribution in [0.25, 0.3) is 0 Å². The van der Waals surface area contributed by atoms with Gasteiger partial charge in [-0.05, 0) is 37.3 Å². The molecule has 3 nitrogen and oxygen atoms in total. The van der Waals surface area contributed by atoms with Crippen LogP contribution < -0.4 is 10.1 Å². The van der Waals surface area contributed by atoms with Crippen LogP contribution in [0, 0.1) is 5.92 Å². The van der Waals surface area contributed by atoms with Gasteiger partial charge in [0.05, 0.1) is 5.56 Å². The summed E-state index contributed by atoms with van der Waals surface area (Å²) >= 11 is 3.60. The van der Waals surface area contributed by atoms with E-state index in [1.54, 1.807) is 12.1 Å². The maximum Gasteiger partial charge on any atom is 0.387 e. The average Bonchev–Trinajstić information content (AvgIpc) is 2.45. The third-order valence-corrected chi connectivity index (χ3v) is 4.45. The van der Waals surface area contributed by atoms with Gasteiger partial charge in [0.25, 0.3) is 5.91 Å². The van der Waals surface area contributed by atoms with Gasteiger partial charge in [-0.25, -0.2) is 0 Å². The zero-order chi connectivity index (χ0) is 15.2. The molecule has 1 amide bonds. The Balaban J connectivity index is 1.94. The molecule has 2 unspecified atom stereocenters. The first-order chi connectivity index (χ1) is 10.1. The number of benzene rings is 1. The van der Waals surface area contributed by atoms with E-state index in [-0.39, 0.29) is 17.2 Å². The predicted molar refractivity (Wildman–Crippen MR) is 80.1 cm³/mol. The summed E-state index contributed by atoms with van der Waals surface area (Å²) in [7, 11) is 0. The summed E-state index contributed by atoms with van der Waals surface area (Å²) in [5, 5.41) is 2.82. The summed E-state index contributed by atoms with van der Waals surface area (Å²) in [5.74, 6) is -0.0368. The molecule has 1 aliphatic carbocycles.